The fourth-order valence-electron chi connectivity index (χ4n) is 1.24. The van der Waals surface area contributed by atoms with E-state index in [1.807, 2.05) is 37.3 Å². The van der Waals surface area contributed by atoms with Crippen LogP contribution in [0.25, 0.3) is 0 Å². The van der Waals surface area contributed by atoms with E-state index in [0.717, 1.165) is 11.8 Å². The van der Waals surface area contributed by atoms with Crippen molar-refractivity contribution in [3.05, 3.63) is 35.9 Å². The molecule has 1 aromatic rings. The van der Waals surface area contributed by atoms with Crippen LogP contribution in [-0.2, 0) is 10.2 Å². The lowest BCUT2D eigenvalue weighted by atomic mass is 9.81. The van der Waals surface area contributed by atoms with E-state index in [2.05, 4.69) is 5.92 Å². The van der Waals surface area contributed by atoms with E-state index >= 15 is 0 Å². The summed E-state index contributed by atoms with van der Waals surface area (Å²) in [4.78, 5) is 10.9. The third-order valence-electron chi connectivity index (χ3n) is 2.16. The number of hydrogen-bond donors (Lipinski definition) is 0. The molecule has 1 nitrogen and oxygen atoms in total. The van der Waals surface area contributed by atoms with Crippen molar-refractivity contribution in [2.45, 2.75) is 18.8 Å². The first-order valence-corrected chi connectivity index (χ1v) is 4.18. The average Bonchev–Trinajstić information content (AvgIpc) is 2.19. The Hall–Kier alpha value is -1.55. The summed E-state index contributed by atoms with van der Waals surface area (Å²) in [6.07, 6.45) is 6.58. The lowest BCUT2D eigenvalue weighted by Gasteiger charge is -2.20. The second-order valence-electron chi connectivity index (χ2n) is 3.28. The van der Waals surface area contributed by atoms with Gasteiger partial charge in [-0.05, 0) is 12.5 Å². The van der Waals surface area contributed by atoms with Crippen molar-refractivity contribution in [3.8, 4) is 12.3 Å². The number of terminal acetylenes is 1. The van der Waals surface area contributed by atoms with Crippen LogP contribution in [-0.4, -0.2) is 6.29 Å². The van der Waals surface area contributed by atoms with Crippen molar-refractivity contribution in [2.24, 2.45) is 0 Å². The summed E-state index contributed by atoms with van der Waals surface area (Å²) < 4.78 is 0. The highest BCUT2D eigenvalue weighted by Gasteiger charge is 2.24. The van der Waals surface area contributed by atoms with Gasteiger partial charge in [-0.15, -0.1) is 12.3 Å². The second kappa shape index (κ2) is 3.91. The van der Waals surface area contributed by atoms with E-state index in [0.29, 0.717) is 6.42 Å². The summed E-state index contributed by atoms with van der Waals surface area (Å²) in [6.45, 7) is 1.86. The molecule has 1 rings (SSSR count). The van der Waals surface area contributed by atoms with Crippen LogP contribution in [0, 0.1) is 12.3 Å². The Balaban J connectivity index is 3.04. The van der Waals surface area contributed by atoms with Crippen LogP contribution < -0.4 is 0 Å². The van der Waals surface area contributed by atoms with E-state index in [1.54, 1.807) is 0 Å². The Morgan fingerprint density at radius 1 is 1.46 bits per heavy atom. The molecule has 1 unspecified atom stereocenters. The lowest BCUT2D eigenvalue weighted by Crippen LogP contribution is -2.22. The van der Waals surface area contributed by atoms with Gasteiger partial charge in [0.05, 0.1) is 5.41 Å². The topological polar surface area (TPSA) is 17.1 Å². The number of benzene rings is 1. The highest BCUT2D eigenvalue weighted by atomic mass is 16.1. The largest absolute Gasteiger partial charge is 0.302 e. The van der Waals surface area contributed by atoms with Gasteiger partial charge in [0, 0.05) is 6.42 Å². The molecule has 13 heavy (non-hydrogen) atoms. The van der Waals surface area contributed by atoms with Crippen LogP contribution in [0.1, 0.15) is 18.9 Å². The van der Waals surface area contributed by atoms with Gasteiger partial charge in [-0.2, -0.15) is 0 Å². The van der Waals surface area contributed by atoms with Gasteiger partial charge in [0.25, 0.3) is 0 Å². The molecule has 0 radical (unpaired) electrons. The highest BCUT2D eigenvalue weighted by Crippen LogP contribution is 2.24. The van der Waals surface area contributed by atoms with Crippen LogP contribution in [0.3, 0.4) is 0 Å². The van der Waals surface area contributed by atoms with Gasteiger partial charge >= 0.3 is 0 Å². The number of aldehydes is 1. The molecule has 0 saturated heterocycles. The third kappa shape index (κ3) is 1.97. The van der Waals surface area contributed by atoms with Crippen molar-refractivity contribution >= 4 is 6.29 Å². The molecule has 1 atom stereocenters. The van der Waals surface area contributed by atoms with Crippen molar-refractivity contribution in [3.63, 3.8) is 0 Å². The van der Waals surface area contributed by atoms with Crippen LogP contribution in [0.2, 0.25) is 0 Å². The monoisotopic (exact) mass is 172 g/mol. The van der Waals surface area contributed by atoms with Gasteiger partial charge in [0.2, 0.25) is 0 Å². The van der Waals surface area contributed by atoms with E-state index in [9.17, 15) is 4.79 Å². The first-order chi connectivity index (χ1) is 6.23. The SMILES string of the molecule is C#CCC(C)(C=O)c1ccccc1. The molecule has 0 spiro atoms. The number of rotatable bonds is 3. The Labute approximate surface area is 78.8 Å². The van der Waals surface area contributed by atoms with Crippen molar-refractivity contribution in [1.82, 2.24) is 0 Å². The zero-order valence-corrected chi connectivity index (χ0v) is 7.66. The average molecular weight is 172 g/mol. The minimum atomic E-state index is -0.532. The number of carbonyl (C=O) groups is 1. The van der Waals surface area contributed by atoms with Crippen LogP contribution in [0.5, 0.6) is 0 Å². The predicted molar refractivity (Wildman–Crippen MR) is 53.3 cm³/mol. The number of hydrogen-bond acceptors (Lipinski definition) is 1. The summed E-state index contributed by atoms with van der Waals surface area (Å²) in [5.74, 6) is 2.53. The fourth-order valence-corrected chi connectivity index (χ4v) is 1.24. The van der Waals surface area contributed by atoms with Gasteiger partial charge < -0.3 is 4.79 Å². The molecule has 1 heteroatoms. The van der Waals surface area contributed by atoms with Gasteiger partial charge in [0.15, 0.2) is 0 Å². The minimum absolute atomic E-state index is 0.445. The molecule has 0 bridgehead atoms. The molecule has 0 aliphatic carbocycles. The van der Waals surface area contributed by atoms with Gasteiger partial charge in [-0.25, -0.2) is 0 Å². The van der Waals surface area contributed by atoms with Crippen molar-refractivity contribution < 1.29 is 4.79 Å². The van der Waals surface area contributed by atoms with E-state index in [-0.39, 0.29) is 0 Å². The Bertz CT molecular complexity index is 321. The van der Waals surface area contributed by atoms with E-state index < -0.39 is 5.41 Å². The maximum Gasteiger partial charge on any atom is 0.131 e. The smallest absolute Gasteiger partial charge is 0.131 e. The molecule has 0 fully saturated rings. The van der Waals surface area contributed by atoms with Crippen LogP contribution in [0.15, 0.2) is 30.3 Å². The van der Waals surface area contributed by atoms with Gasteiger partial charge in [-0.1, -0.05) is 30.3 Å². The van der Waals surface area contributed by atoms with Gasteiger partial charge in [0.1, 0.15) is 6.29 Å². The maximum absolute atomic E-state index is 10.9. The Morgan fingerprint density at radius 2 is 2.08 bits per heavy atom. The third-order valence-corrected chi connectivity index (χ3v) is 2.16. The quantitative estimate of drug-likeness (QED) is 0.504. The molecule has 0 aliphatic heterocycles. The molecule has 0 aromatic heterocycles. The molecular weight excluding hydrogens is 160 g/mol. The Morgan fingerprint density at radius 3 is 2.54 bits per heavy atom. The summed E-state index contributed by atoms with van der Waals surface area (Å²) in [6, 6.07) is 9.59. The molecule has 1 aromatic carbocycles. The molecule has 0 aliphatic rings. The molecular formula is C12H12O. The van der Waals surface area contributed by atoms with Crippen molar-refractivity contribution in [1.29, 1.82) is 0 Å². The first-order valence-electron chi connectivity index (χ1n) is 4.18. The summed E-state index contributed by atoms with van der Waals surface area (Å²) >= 11 is 0. The molecule has 66 valence electrons. The fraction of sp³-hybridized carbons (Fsp3) is 0.250. The highest BCUT2D eigenvalue weighted by molar-refractivity contribution is 5.68. The molecule has 0 amide bonds. The standard InChI is InChI=1S/C12H12O/c1-3-9-12(2,10-13)11-7-5-4-6-8-11/h1,4-8,10H,9H2,2H3. The predicted octanol–water partition coefficient (Wildman–Crippen LogP) is 2.17. The van der Waals surface area contributed by atoms with Crippen LogP contribution >= 0.6 is 0 Å². The summed E-state index contributed by atoms with van der Waals surface area (Å²) in [5.41, 5.74) is 0.443. The Kier molecular flexibility index (Phi) is 2.87. The molecule has 0 N–H and O–H groups in total. The summed E-state index contributed by atoms with van der Waals surface area (Å²) in [5, 5.41) is 0. The zero-order chi connectivity index (χ0) is 9.73. The minimum Gasteiger partial charge on any atom is -0.302 e. The second-order valence-corrected chi connectivity index (χ2v) is 3.28. The normalized spacial score (nSPS) is 14.2. The van der Waals surface area contributed by atoms with Gasteiger partial charge in [-0.3, -0.25) is 0 Å². The molecule has 0 saturated carbocycles. The van der Waals surface area contributed by atoms with E-state index in [4.69, 9.17) is 6.42 Å². The molecule has 0 heterocycles. The number of carbonyl (C=O) groups excluding carboxylic acids is 1. The van der Waals surface area contributed by atoms with Crippen LogP contribution in [0.4, 0.5) is 0 Å². The van der Waals surface area contributed by atoms with Crippen molar-refractivity contribution in [2.75, 3.05) is 0 Å². The maximum atomic E-state index is 10.9. The first kappa shape index (κ1) is 9.54. The lowest BCUT2D eigenvalue weighted by molar-refractivity contribution is -0.112. The zero-order valence-electron chi connectivity index (χ0n) is 7.66. The van der Waals surface area contributed by atoms with E-state index in [1.165, 1.54) is 0 Å². The summed E-state index contributed by atoms with van der Waals surface area (Å²) in [7, 11) is 0.